The van der Waals surface area contributed by atoms with Crippen LogP contribution in [0.15, 0.2) is 24.3 Å². The first kappa shape index (κ1) is 22.3. The quantitative estimate of drug-likeness (QED) is 0.605. The number of benzene rings is 1. The molecule has 0 spiro atoms. The molecule has 0 aliphatic rings. The SMILES string of the molecule is Cc1nn(C)c(C)c1C(=O)N(C)Cc1nc(NC(=O)NCc2cccc(F)c2)sc1F. The van der Waals surface area contributed by atoms with E-state index in [-0.39, 0.29) is 29.8 Å². The molecule has 11 heteroatoms. The Bertz CT molecular complexity index is 1130. The molecule has 164 valence electrons. The molecule has 31 heavy (non-hydrogen) atoms. The lowest BCUT2D eigenvalue weighted by atomic mass is 10.1. The molecule has 2 aromatic heterocycles. The van der Waals surface area contributed by atoms with E-state index in [1.807, 2.05) is 0 Å². The number of hydrogen-bond donors (Lipinski definition) is 2. The standard InChI is InChI=1S/C20H22F2N6O2S/c1-11-16(12(2)28(4)26-11)18(29)27(3)10-15-17(22)31-20(24-15)25-19(30)23-9-13-6-5-7-14(21)8-13/h5-8H,9-10H2,1-4H3,(H2,23,24,25,30). The number of carbonyl (C=O) groups is 2. The molecule has 0 fully saturated rings. The van der Waals surface area contributed by atoms with Gasteiger partial charge in [0.05, 0.1) is 17.8 Å². The second kappa shape index (κ2) is 9.21. The Kier molecular flexibility index (Phi) is 6.64. The van der Waals surface area contributed by atoms with Crippen LogP contribution in [0.4, 0.5) is 18.7 Å². The highest BCUT2D eigenvalue weighted by atomic mass is 32.1. The van der Waals surface area contributed by atoms with Crippen molar-refractivity contribution in [1.29, 1.82) is 0 Å². The van der Waals surface area contributed by atoms with Gasteiger partial charge >= 0.3 is 6.03 Å². The number of aryl methyl sites for hydroxylation is 2. The molecule has 0 aliphatic heterocycles. The molecule has 0 saturated heterocycles. The minimum atomic E-state index is -0.601. The highest BCUT2D eigenvalue weighted by molar-refractivity contribution is 7.14. The van der Waals surface area contributed by atoms with E-state index in [0.717, 1.165) is 0 Å². The highest BCUT2D eigenvalue weighted by Gasteiger charge is 2.23. The molecule has 0 bridgehead atoms. The van der Waals surface area contributed by atoms with Gasteiger partial charge < -0.3 is 10.2 Å². The van der Waals surface area contributed by atoms with Gasteiger partial charge in [0.1, 0.15) is 11.5 Å². The molecular formula is C20H22F2N6O2S. The van der Waals surface area contributed by atoms with Gasteiger partial charge in [0, 0.05) is 26.3 Å². The van der Waals surface area contributed by atoms with E-state index in [9.17, 15) is 18.4 Å². The molecule has 2 heterocycles. The van der Waals surface area contributed by atoms with E-state index in [0.29, 0.717) is 33.9 Å². The number of urea groups is 1. The Hall–Kier alpha value is -3.34. The fourth-order valence-electron chi connectivity index (χ4n) is 3.03. The van der Waals surface area contributed by atoms with Crippen molar-refractivity contribution in [3.8, 4) is 0 Å². The van der Waals surface area contributed by atoms with Gasteiger partial charge in [0.15, 0.2) is 5.13 Å². The summed E-state index contributed by atoms with van der Waals surface area (Å²) in [6, 6.07) is 5.22. The van der Waals surface area contributed by atoms with E-state index < -0.39 is 17.0 Å². The van der Waals surface area contributed by atoms with E-state index >= 15 is 0 Å². The third-order valence-electron chi connectivity index (χ3n) is 4.67. The van der Waals surface area contributed by atoms with Gasteiger partial charge in [-0.25, -0.2) is 14.2 Å². The highest BCUT2D eigenvalue weighted by Crippen LogP contribution is 2.23. The molecule has 0 aliphatic carbocycles. The van der Waals surface area contributed by atoms with Crippen LogP contribution < -0.4 is 10.6 Å². The molecule has 1 aromatic carbocycles. The average Bonchev–Trinajstić information content (AvgIpc) is 3.17. The Balaban J connectivity index is 1.61. The number of nitrogens with one attached hydrogen (secondary N) is 2. The van der Waals surface area contributed by atoms with Gasteiger partial charge in [-0.15, -0.1) is 0 Å². The number of carbonyl (C=O) groups excluding carboxylic acids is 2. The fraction of sp³-hybridized carbons (Fsp3) is 0.300. The van der Waals surface area contributed by atoms with E-state index in [2.05, 4.69) is 20.7 Å². The van der Waals surface area contributed by atoms with Crippen LogP contribution in [-0.4, -0.2) is 38.7 Å². The maximum absolute atomic E-state index is 14.3. The summed E-state index contributed by atoms with van der Waals surface area (Å²) in [5.41, 5.74) is 2.40. The predicted molar refractivity (Wildman–Crippen MR) is 113 cm³/mol. The van der Waals surface area contributed by atoms with Crippen LogP contribution in [0.3, 0.4) is 0 Å². The lowest BCUT2D eigenvalue weighted by Crippen LogP contribution is -2.28. The van der Waals surface area contributed by atoms with Gasteiger partial charge in [-0.3, -0.25) is 14.8 Å². The van der Waals surface area contributed by atoms with Crippen LogP contribution >= 0.6 is 11.3 Å². The summed E-state index contributed by atoms with van der Waals surface area (Å²) in [6.07, 6.45) is 0. The maximum Gasteiger partial charge on any atom is 0.321 e. The zero-order valence-corrected chi connectivity index (χ0v) is 18.3. The second-order valence-corrected chi connectivity index (χ2v) is 7.96. The molecule has 0 atom stereocenters. The van der Waals surface area contributed by atoms with Crippen molar-refractivity contribution in [2.45, 2.75) is 26.9 Å². The van der Waals surface area contributed by atoms with Crippen LogP contribution in [0.25, 0.3) is 0 Å². The van der Waals surface area contributed by atoms with Crippen LogP contribution in [0.1, 0.15) is 33.0 Å². The molecule has 8 nitrogen and oxygen atoms in total. The van der Waals surface area contributed by atoms with Gasteiger partial charge in [0.25, 0.3) is 5.91 Å². The zero-order valence-electron chi connectivity index (χ0n) is 17.5. The smallest absolute Gasteiger partial charge is 0.321 e. The van der Waals surface area contributed by atoms with Crippen molar-refractivity contribution in [3.63, 3.8) is 0 Å². The molecule has 2 N–H and O–H groups in total. The summed E-state index contributed by atoms with van der Waals surface area (Å²) < 4.78 is 29.1. The van der Waals surface area contributed by atoms with Crippen molar-refractivity contribution < 1.29 is 18.4 Å². The first-order valence-corrected chi connectivity index (χ1v) is 10.2. The number of aromatic nitrogens is 3. The van der Waals surface area contributed by atoms with Crippen LogP contribution in [0, 0.1) is 24.8 Å². The number of rotatable bonds is 6. The molecule has 3 amide bonds. The first-order chi connectivity index (χ1) is 14.7. The predicted octanol–water partition coefficient (Wildman–Crippen LogP) is 3.37. The summed E-state index contributed by atoms with van der Waals surface area (Å²) in [4.78, 5) is 30.2. The molecular weight excluding hydrogens is 426 g/mol. The van der Waals surface area contributed by atoms with Gasteiger partial charge in [-0.05, 0) is 31.5 Å². The largest absolute Gasteiger partial charge is 0.336 e. The van der Waals surface area contributed by atoms with Crippen molar-refractivity contribution in [2.75, 3.05) is 12.4 Å². The summed E-state index contributed by atoms with van der Waals surface area (Å²) in [5, 5.41) is 8.69. The third kappa shape index (κ3) is 5.23. The van der Waals surface area contributed by atoms with E-state index in [1.54, 1.807) is 44.8 Å². The Morgan fingerprint density at radius 1 is 1.26 bits per heavy atom. The molecule has 3 aromatic rings. The first-order valence-electron chi connectivity index (χ1n) is 9.36. The Morgan fingerprint density at radius 2 is 2.00 bits per heavy atom. The molecule has 0 unspecified atom stereocenters. The lowest BCUT2D eigenvalue weighted by Gasteiger charge is -2.16. The monoisotopic (exact) mass is 448 g/mol. The number of hydrogen-bond acceptors (Lipinski definition) is 5. The summed E-state index contributed by atoms with van der Waals surface area (Å²) in [5.74, 6) is -0.695. The number of thiazole rings is 1. The van der Waals surface area contributed by atoms with Gasteiger partial charge in [-0.1, -0.05) is 23.5 Å². The van der Waals surface area contributed by atoms with Crippen molar-refractivity contribution in [2.24, 2.45) is 7.05 Å². The van der Waals surface area contributed by atoms with Gasteiger partial charge in [-0.2, -0.15) is 9.49 Å². The normalized spacial score (nSPS) is 10.8. The Labute approximate surface area is 181 Å². The topological polar surface area (TPSA) is 92.2 Å². The average molecular weight is 448 g/mol. The number of nitrogens with zero attached hydrogens (tertiary/aromatic N) is 4. The third-order valence-corrected chi connectivity index (χ3v) is 5.47. The number of anilines is 1. The molecule has 0 saturated carbocycles. The summed E-state index contributed by atoms with van der Waals surface area (Å²) in [7, 11) is 3.29. The summed E-state index contributed by atoms with van der Waals surface area (Å²) >= 11 is 0.663. The number of halogens is 2. The van der Waals surface area contributed by atoms with E-state index in [4.69, 9.17) is 0 Å². The minimum absolute atomic E-state index is 0.0421. The summed E-state index contributed by atoms with van der Waals surface area (Å²) in [6.45, 7) is 3.56. The zero-order chi connectivity index (χ0) is 22.7. The molecule has 3 rings (SSSR count). The van der Waals surface area contributed by atoms with Gasteiger partial charge in [0.2, 0.25) is 5.13 Å². The Morgan fingerprint density at radius 3 is 2.65 bits per heavy atom. The molecule has 0 radical (unpaired) electrons. The lowest BCUT2D eigenvalue weighted by molar-refractivity contribution is 0.0781. The van der Waals surface area contributed by atoms with E-state index in [1.165, 1.54) is 17.0 Å². The second-order valence-electron chi connectivity index (χ2n) is 7.01. The minimum Gasteiger partial charge on any atom is -0.336 e. The van der Waals surface area contributed by atoms with Crippen LogP contribution in [0.2, 0.25) is 0 Å². The van der Waals surface area contributed by atoms with Crippen LogP contribution in [0.5, 0.6) is 0 Å². The number of amides is 3. The fourth-order valence-corrected chi connectivity index (χ4v) is 3.72. The van der Waals surface area contributed by atoms with Crippen molar-refractivity contribution >= 4 is 28.4 Å². The van der Waals surface area contributed by atoms with Crippen molar-refractivity contribution in [3.05, 3.63) is 63.4 Å². The maximum atomic E-state index is 14.3. The van der Waals surface area contributed by atoms with Crippen LogP contribution in [-0.2, 0) is 20.1 Å². The van der Waals surface area contributed by atoms with Crippen molar-refractivity contribution in [1.82, 2.24) is 25.0 Å².